The lowest BCUT2D eigenvalue weighted by atomic mass is 9.88. The van der Waals surface area contributed by atoms with Gasteiger partial charge in [-0.1, -0.05) is 12.1 Å². The van der Waals surface area contributed by atoms with Crippen LogP contribution in [0, 0.1) is 13.8 Å². The van der Waals surface area contributed by atoms with E-state index in [0.29, 0.717) is 25.1 Å². The number of nitrogens with zero attached hydrogens (tertiary/aromatic N) is 4. The number of aryl methyl sites for hydroxylation is 3. The van der Waals surface area contributed by atoms with Gasteiger partial charge in [0.1, 0.15) is 5.82 Å². The lowest BCUT2D eigenvalue weighted by Crippen LogP contribution is -2.55. The van der Waals surface area contributed by atoms with E-state index in [2.05, 4.69) is 9.97 Å². The van der Waals surface area contributed by atoms with Gasteiger partial charge in [0.25, 0.3) is 5.56 Å². The summed E-state index contributed by atoms with van der Waals surface area (Å²) in [6.45, 7) is 6.29. The van der Waals surface area contributed by atoms with Crippen LogP contribution in [0.25, 0.3) is 11.0 Å². The van der Waals surface area contributed by atoms with Crippen molar-refractivity contribution >= 4 is 16.9 Å². The molecule has 0 spiro atoms. The predicted octanol–water partition coefficient (Wildman–Crippen LogP) is 1.12. The predicted molar refractivity (Wildman–Crippen MR) is 116 cm³/mol. The second-order valence-corrected chi connectivity index (χ2v) is 8.49. The summed E-state index contributed by atoms with van der Waals surface area (Å²) in [4.78, 5) is 45.6. The van der Waals surface area contributed by atoms with E-state index >= 15 is 0 Å². The summed E-state index contributed by atoms with van der Waals surface area (Å²) in [6, 6.07) is 7.16. The van der Waals surface area contributed by atoms with Gasteiger partial charge in [-0.3, -0.25) is 19.1 Å². The van der Waals surface area contributed by atoms with E-state index in [1.807, 2.05) is 35.8 Å². The van der Waals surface area contributed by atoms with Gasteiger partial charge in [0.05, 0.1) is 22.7 Å². The molecule has 164 valence electrons. The summed E-state index contributed by atoms with van der Waals surface area (Å²) >= 11 is 0. The average Bonchev–Trinajstić information content (AvgIpc) is 3.04. The molecule has 0 aliphatic carbocycles. The van der Waals surface area contributed by atoms with Crippen LogP contribution in [-0.2, 0) is 11.3 Å². The summed E-state index contributed by atoms with van der Waals surface area (Å²) < 4.78 is 3.37. The van der Waals surface area contributed by atoms with Crippen molar-refractivity contribution in [1.82, 2.24) is 24.0 Å². The SMILES string of the molecule is Cc1cn([C@@H]2CN(C(=O)CCn3c(C)nc4ccccc43)CC[C@@]2(C)O)c(=O)[nH]c1=O. The first kappa shape index (κ1) is 21.0. The minimum atomic E-state index is -1.18. The van der Waals surface area contributed by atoms with Crippen molar-refractivity contribution in [2.24, 2.45) is 0 Å². The number of likely N-dealkylation sites (tertiary alicyclic amines) is 1. The van der Waals surface area contributed by atoms with E-state index in [9.17, 15) is 19.5 Å². The molecule has 3 aromatic rings. The summed E-state index contributed by atoms with van der Waals surface area (Å²) in [5.74, 6) is 0.801. The zero-order chi connectivity index (χ0) is 22.3. The molecule has 0 radical (unpaired) electrons. The van der Waals surface area contributed by atoms with Crippen molar-refractivity contribution in [2.45, 2.75) is 51.8 Å². The molecule has 1 aromatic carbocycles. The number of H-pyrrole nitrogens is 1. The molecule has 9 heteroatoms. The van der Waals surface area contributed by atoms with Gasteiger partial charge in [0.2, 0.25) is 5.91 Å². The Kier molecular flexibility index (Phi) is 5.30. The number of hydrogen-bond donors (Lipinski definition) is 2. The average molecular weight is 425 g/mol. The lowest BCUT2D eigenvalue weighted by Gasteiger charge is -2.43. The summed E-state index contributed by atoms with van der Waals surface area (Å²) in [5, 5.41) is 10.9. The van der Waals surface area contributed by atoms with Crippen molar-refractivity contribution < 1.29 is 9.90 Å². The summed E-state index contributed by atoms with van der Waals surface area (Å²) in [7, 11) is 0. The van der Waals surface area contributed by atoms with Gasteiger partial charge in [-0.2, -0.15) is 0 Å². The number of aromatic nitrogens is 4. The molecule has 1 amide bonds. The third kappa shape index (κ3) is 3.93. The first-order chi connectivity index (χ1) is 14.7. The van der Waals surface area contributed by atoms with Crippen molar-refractivity contribution in [3.05, 3.63) is 62.7 Å². The molecule has 1 saturated heterocycles. The quantitative estimate of drug-likeness (QED) is 0.650. The lowest BCUT2D eigenvalue weighted by molar-refractivity contribution is -0.138. The van der Waals surface area contributed by atoms with Crippen LogP contribution in [0.2, 0.25) is 0 Å². The van der Waals surface area contributed by atoms with E-state index in [1.165, 1.54) is 10.8 Å². The number of hydrogen-bond acceptors (Lipinski definition) is 5. The van der Waals surface area contributed by atoms with Crippen LogP contribution in [0.3, 0.4) is 0 Å². The molecule has 0 saturated carbocycles. The zero-order valence-corrected chi connectivity index (χ0v) is 18.0. The topological polar surface area (TPSA) is 113 Å². The molecule has 9 nitrogen and oxygen atoms in total. The van der Waals surface area contributed by atoms with Gasteiger partial charge in [0, 0.05) is 37.8 Å². The number of rotatable bonds is 4. The van der Waals surface area contributed by atoms with Crippen LogP contribution < -0.4 is 11.2 Å². The third-order valence-corrected chi connectivity index (χ3v) is 6.23. The standard InChI is InChI=1S/C22H27N5O4/c1-14-12-27(21(30)24-20(14)29)18-13-25(11-9-22(18,3)31)19(28)8-10-26-15(2)23-16-6-4-5-7-17(16)26/h4-7,12,18,31H,8-11,13H2,1-3H3,(H,24,29,30)/t18-,22-/m1/s1. The van der Waals surface area contributed by atoms with Crippen LogP contribution in [0.1, 0.15) is 37.2 Å². The molecular formula is C22H27N5O4. The third-order valence-electron chi connectivity index (χ3n) is 6.23. The number of carbonyl (C=O) groups is 1. The van der Waals surface area contributed by atoms with Gasteiger partial charge >= 0.3 is 5.69 Å². The maximum atomic E-state index is 13.0. The maximum Gasteiger partial charge on any atom is 0.328 e. The minimum absolute atomic E-state index is 0.0492. The molecule has 0 unspecified atom stereocenters. The fraction of sp³-hybridized carbons (Fsp3) is 0.455. The Morgan fingerprint density at radius 2 is 2.03 bits per heavy atom. The van der Waals surface area contributed by atoms with Gasteiger partial charge in [0.15, 0.2) is 0 Å². The molecule has 1 fully saturated rings. The van der Waals surface area contributed by atoms with Gasteiger partial charge in [-0.05, 0) is 39.3 Å². The van der Waals surface area contributed by atoms with Crippen molar-refractivity contribution in [3.8, 4) is 0 Å². The normalized spacial score (nSPS) is 21.5. The highest BCUT2D eigenvalue weighted by molar-refractivity contribution is 5.78. The fourth-order valence-electron chi connectivity index (χ4n) is 4.30. The number of amides is 1. The second kappa shape index (κ2) is 7.81. The largest absolute Gasteiger partial charge is 0.388 e. The molecule has 3 heterocycles. The highest BCUT2D eigenvalue weighted by atomic mass is 16.3. The Bertz CT molecular complexity index is 1250. The van der Waals surface area contributed by atoms with Gasteiger partial charge in [-0.15, -0.1) is 0 Å². The Balaban J connectivity index is 1.53. The van der Waals surface area contributed by atoms with E-state index in [-0.39, 0.29) is 18.9 Å². The molecule has 1 aliphatic heterocycles. The first-order valence-corrected chi connectivity index (χ1v) is 10.4. The minimum Gasteiger partial charge on any atom is -0.388 e. The molecule has 1 aliphatic rings. The first-order valence-electron chi connectivity index (χ1n) is 10.4. The summed E-state index contributed by atoms with van der Waals surface area (Å²) in [5.41, 5.74) is 0.0454. The Hall–Kier alpha value is -3.20. The molecular weight excluding hydrogens is 398 g/mol. The Morgan fingerprint density at radius 3 is 2.81 bits per heavy atom. The number of aliphatic hydroxyl groups is 1. The number of benzene rings is 1. The molecule has 2 aromatic heterocycles. The highest BCUT2D eigenvalue weighted by Gasteiger charge is 2.40. The van der Waals surface area contributed by atoms with E-state index in [4.69, 9.17) is 0 Å². The van der Waals surface area contributed by atoms with E-state index in [0.717, 1.165) is 16.9 Å². The van der Waals surface area contributed by atoms with E-state index in [1.54, 1.807) is 18.7 Å². The van der Waals surface area contributed by atoms with Gasteiger partial charge < -0.3 is 14.6 Å². The number of imidazole rings is 1. The van der Waals surface area contributed by atoms with Crippen LogP contribution in [0.4, 0.5) is 0 Å². The molecule has 2 N–H and O–H groups in total. The summed E-state index contributed by atoms with van der Waals surface area (Å²) in [6.07, 6.45) is 2.08. The number of para-hydroxylation sites is 2. The van der Waals surface area contributed by atoms with E-state index < -0.39 is 22.9 Å². The highest BCUT2D eigenvalue weighted by Crippen LogP contribution is 2.31. The van der Waals surface area contributed by atoms with Crippen molar-refractivity contribution in [1.29, 1.82) is 0 Å². The number of aromatic amines is 1. The Labute approximate surface area is 179 Å². The number of fused-ring (bicyclic) bond motifs is 1. The maximum absolute atomic E-state index is 13.0. The number of piperidine rings is 1. The molecule has 0 bridgehead atoms. The fourth-order valence-corrected chi connectivity index (χ4v) is 4.30. The monoisotopic (exact) mass is 425 g/mol. The van der Waals surface area contributed by atoms with Crippen LogP contribution in [0.5, 0.6) is 0 Å². The molecule has 2 atom stereocenters. The van der Waals surface area contributed by atoms with Crippen LogP contribution in [-0.4, -0.2) is 53.7 Å². The number of nitrogens with one attached hydrogen (secondary N) is 1. The zero-order valence-electron chi connectivity index (χ0n) is 18.0. The number of carbonyl (C=O) groups excluding carboxylic acids is 1. The smallest absolute Gasteiger partial charge is 0.328 e. The Morgan fingerprint density at radius 1 is 1.29 bits per heavy atom. The molecule has 4 rings (SSSR count). The second-order valence-electron chi connectivity index (χ2n) is 8.49. The van der Waals surface area contributed by atoms with Gasteiger partial charge in [-0.25, -0.2) is 9.78 Å². The van der Waals surface area contributed by atoms with Crippen molar-refractivity contribution in [3.63, 3.8) is 0 Å². The van der Waals surface area contributed by atoms with Crippen LogP contribution in [0.15, 0.2) is 40.1 Å². The van der Waals surface area contributed by atoms with Crippen LogP contribution >= 0.6 is 0 Å². The molecule has 31 heavy (non-hydrogen) atoms. The van der Waals surface area contributed by atoms with Crippen molar-refractivity contribution in [2.75, 3.05) is 13.1 Å².